The van der Waals surface area contributed by atoms with Crippen LogP contribution in [0.3, 0.4) is 0 Å². The van der Waals surface area contributed by atoms with E-state index in [2.05, 4.69) is 6.08 Å². The van der Waals surface area contributed by atoms with Crippen molar-refractivity contribution in [2.75, 3.05) is 0 Å². The van der Waals surface area contributed by atoms with E-state index in [4.69, 9.17) is 0 Å². The van der Waals surface area contributed by atoms with Crippen LogP contribution in [-0.2, 0) is 9.59 Å². The normalized spacial score (nSPS) is 28.0. The lowest BCUT2D eigenvalue weighted by Crippen LogP contribution is -2.47. The predicted molar refractivity (Wildman–Crippen MR) is 92.2 cm³/mol. The molecule has 1 N–H and O–H groups in total. The maximum absolute atomic E-state index is 12.0. The third-order valence-electron chi connectivity index (χ3n) is 6.12. The van der Waals surface area contributed by atoms with Gasteiger partial charge in [-0.3, -0.25) is 0 Å². The molecule has 130 valence electrons. The lowest BCUT2D eigenvalue weighted by molar-refractivity contribution is -0.139. The van der Waals surface area contributed by atoms with Crippen molar-refractivity contribution in [3.05, 3.63) is 11.6 Å². The van der Waals surface area contributed by atoms with Crippen molar-refractivity contribution in [3.63, 3.8) is 0 Å². The van der Waals surface area contributed by atoms with E-state index in [-0.39, 0.29) is 0 Å². The zero-order valence-corrected chi connectivity index (χ0v) is 14.8. The summed E-state index contributed by atoms with van der Waals surface area (Å²) in [5.41, 5.74) is -0.119. The molecule has 0 amide bonds. The van der Waals surface area contributed by atoms with Crippen LogP contribution < -0.4 is 0 Å². The van der Waals surface area contributed by atoms with E-state index in [1.807, 2.05) is 13.8 Å². The van der Waals surface area contributed by atoms with Crippen molar-refractivity contribution < 1.29 is 14.7 Å². The first-order valence-electron chi connectivity index (χ1n) is 9.19. The van der Waals surface area contributed by atoms with Crippen LogP contribution in [0, 0.1) is 10.8 Å². The average Bonchev–Trinajstić information content (AvgIpc) is 2.55. The summed E-state index contributed by atoms with van der Waals surface area (Å²) in [5.74, 6) is 0. The van der Waals surface area contributed by atoms with Gasteiger partial charge < -0.3 is 14.7 Å². The summed E-state index contributed by atoms with van der Waals surface area (Å²) in [5, 5.41) is 9.80. The zero-order chi connectivity index (χ0) is 17.0. The number of carbonyl (C=O) groups is 2. The minimum Gasteiger partial charge on any atom is -0.390 e. The van der Waals surface area contributed by atoms with Crippen LogP contribution in [0.2, 0.25) is 0 Å². The quantitative estimate of drug-likeness (QED) is 0.559. The Kier molecular flexibility index (Phi) is 5.83. The van der Waals surface area contributed by atoms with Gasteiger partial charge in [0.15, 0.2) is 0 Å². The molecule has 0 bridgehead atoms. The molecule has 3 nitrogen and oxygen atoms in total. The highest BCUT2D eigenvalue weighted by Gasteiger charge is 2.51. The van der Waals surface area contributed by atoms with Crippen LogP contribution in [0.25, 0.3) is 0 Å². The third-order valence-corrected chi connectivity index (χ3v) is 6.12. The molecule has 1 atom stereocenters. The Morgan fingerprint density at radius 1 is 1.09 bits per heavy atom. The maximum Gasteiger partial charge on any atom is 0.127 e. The van der Waals surface area contributed by atoms with Crippen molar-refractivity contribution in [2.24, 2.45) is 10.8 Å². The molecule has 0 aromatic heterocycles. The molecule has 1 fully saturated rings. The smallest absolute Gasteiger partial charge is 0.127 e. The lowest BCUT2D eigenvalue weighted by atomic mass is 9.54. The second-order valence-electron chi connectivity index (χ2n) is 8.34. The molecule has 0 spiro atoms. The molecule has 0 saturated heterocycles. The number of hydrogen-bond acceptors (Lipinski definition) is 3. The molecule has 23 heavy (non-hydrogen) atoms. The number of aliphatic hydroxyl groups is 1. The number of aldehydes is 2. The number of hydrogen-bond donors (Lipinski definition) is 1. The standard InChI is InChI=1S/C20H32O3/c1-18(2,23)10-6-7-17-8-13-20(16-22,14-9-17)19(15-21)11-4-3-5-12-19/h8,15-16,23H,3-7,9-14H2,1-2H3. The van der Waals surface area contributed by atoms with Gasteiger partial charge in [0.25, 0.3) is 0 Å². The van der Waals surface area contributed by atoms with Crippen molar-refractivity contribution >= 4 is 12.6 Å². The Hall–Kier alpha value is -0.960. The van der Waals surface area contributed by atoms with Crippen LogP contribution in [0.4, 0.5) is 0 Å². The molecule has 2 aliphatic rings. The molecule has 2 rings (SSSR count). The van der Waals surface area contributed by atoms with E-state index in [1.165, 1.54) is 12.0 Å². The summed E-state index contributed by atoms with van der Waals surface area (Å²) in [6, 6.07) is 0. The first kappa shape index (κ1) is 18.4. The van der Waals surface area contributed by atoms with E-state index in [9.17, 15) is 14.7 Å². The Balaban J connectivity index is 2.03. The van der Waals surface area contributed by atoms with Crippen molar-refractivity contribution in [3.8, 4) is 0 Å². The predicted octanol–water partition coefficient (Wildman–Crippen LogP) is 4.37. The zero-order valence-electron chi connectivity index (χ0n) is 14.8. The molecule has 0 radical (unpaired) electrons. The second-order valence-corrected chi connectivity index (χ2v) is 8.34. The monoisotopic (exact) mass is 320 g/mol. The van der Waals surface area contributed by atoms with Crippen LogP contribution in [0.5, 0.6) is 0 Å². The summed E-state index contributed by atoms with van der Waals surface area (Å²) in [7, 11) is 0. The maximum atomic E-state index is 12.0. The Morgan fingerprint density at radius 2 is 1.74 bits per heavy atom. The molecule has 2 aliphatic carbocycles. The summed E-state index contributed by atoms with van der Waals surface area (Å²) >= 11 is 0. The van der Waals surface area contributed by atoms with Gasteiger partial charge in [0.2, 0.25) is 0 Å². The van der Waals surface area contributed by atoms with E-state index < -0.39 is 16.4 Å². The van der Waals surface area contributed by atoms with Crippen molar-refractivity contribution in [1.29, 1.82) is 0 Å². The highest BCUT2D eigenvalue weighted by molar-refractivity contribution is 5.74. The van der Waals surface area contributed by atoms with Crippen molar-refractivity contribution in [1.82, 2.24) is 0 Å². The Morgan fingerprint density at radius 3 is 2.22 bits per heavy atom. The van der Waals surface area contributed by atoms with Gasteiger partial charge in [0.1, 0.15) is 12.6 Å². The fourth-order valence-electron chi connectivity index (χ4n) is 4.48. The van der Waals surface area contributed by atoms with Crippen LogP contribution >= 0.6 is 0 Å². The fourth-order valence-corrected chi connectivity index (χ4v) is 4.48. The highest BCUT2D eigenvalue weighted by atomic mass is 16.3. The first-order valence-corrected chi connectivity index (χ1v) is 9.19. The third kappa shape index (κ3) is 4.12. The number of carbonyl (C=O) groups excluding carboxylic acids is 2. The molecule has 0 heterocycles. The largest absolute Gasteiger partial charge is 0.390 e. The van der Waals surface area contributed by atoms with Gasteiger partial charge in [-0.15, -0.1) is 0 Å². The summed E-state index contributed by atoms with van der Waals surface area (Å²) in [4.78, 5) is 23.9. The van der Waals surface area contributed by atoms with Gasteiger partial charge in [-0.25, -0.2) is 0 Å². The summed E-state index contributed by atoms with van der Waals surface area (Å²) in [6.07, 6.45) is 14.7. The van der Waals surface area contributed by atoms with E-state index >= 15 is 0 Å². The SMILES string of the molecule is CC(C)(O)CCCC1=CCC(C=O)(C2(C=O)CCCCC2)CC1. The van der Waals surface area contributed by atoms with Gasteiger partial charge in [0.05, 0.1) is 5.60 Å². The van der Waals surface area contributed by atoms with Gasteiger partial charge in [-0.2, -0.15) is 0 Å². The van der Waals surface area contributed by atoms with Crippen LogP contribution in [-0.4, -0.2) is 23.3 Å². The minimum absolute atomic E-state index is 0.428. The topological polar surface area (TPSA) is 54.4 Å². The molecule has 3 heteroatoms. The molecule has 0 aromatic carbocycles. The lowest BCUT2D eigenvalue weighted by Gasteiger charge is -2.48. The van der Waals surface area contributed by atoms with E-state index in [0.717, 1.165) is 70.4 Å². The molecule has 0 aromatic rings. The van der Waals surface area contributed by atoms with Gasteiger partial charge in [0, 0.05) is 10.8 Å². The van der Waals surface area contributed by atoms with Crippen molar-refractivity contribution in [2.45, 2.75) is 90.1 Å². The van der Waals surface area contributed by atoms with Gasteiger partial charge in [-0.1, -0.05) is 30.9 Å². The Bertz CT molecular complexity index is 452. The average molecular weight is 320 g/mol. The van der Waals surface area contributed by atoms with E-state index in [0.29, 0.717) is 6.42 Å². The highest BCUT2D eigenvalue weighted by Crippen LogP contribution is 2.54. The molecular formula is C20H32O3. The minimum atomic E-state index is -0.606. The molecule has 0 aliphatic heterocycles. The number of allylic oxidation sites excluding steroid dienone is 2. The fraction of sp³-hybridized carbons (Fsp3) is 0.800. The van der Waals surface area contributed by atoms with Gasteiger partial charge >= 0.3 is 0 Å². The second kappa shape index (κ2) is 7.29. The van der Waals surface area contributed by atoms with Crippen LogP contribution in [0.1, 0.15) is 84.5 Å². The Labute approximate surface area is 140 Å². The molecule has 1 unspecified atom stereocenters. The summed E-state index contributed by atoms with van der Waals surface area (Å²) < 4.78 is 0. The molecular weight excluding hydrogens is 288 g/mol. The van der Waals surface area contributed by atoms with E-state index in [1.54, 1.807) is 0 Å². The number of rotatable bonds is 7. The summed E-state index contributed by atoms with van der Waals surface area (Å²) in [6.45, 7) is 3.69. The molecule has 1 saturated carbocycles. The first-order chi connectivity index (χ1) is 10.9. The van der Waals surface area contributed by atoms with Gasteiger partial charge in [-0.05, 0) is 65.2 Å². The van der Waals surface area contributed by atoms with Crippen LogP contribution in [0.15, 0.2) is 11.6 Å².